The van der Waals surface area contributed by atoms with Crippen LogP contribution in [0, 0.1) is 6.07 Å². The molecule has 9 aromatic rings. The molecule has 0 bridgehead atoms. The molecule has 0 saturated carbocycles. The number of hydrogen-bond acceptors (Lipinski definition) is 3. The summed E-state index contributed by atoms with van der Waals surface area (Å²) >= 11 is 0. The van der Waals surface area contributed by atoms with Crippen LogP contribution in [0.2, 0.25) is 0 Å². The van der Waals surface area contributed by atoms with Gasteiger partial charge < -0.3 is 5.11 Å². The van der Waals surface area contributed by atoms with E-state index in [9.17, 15) is 5.11 Å². The minimum atomic E-state index is -0.209. The van der Waals surface area contributed by atoms with Crippen molar-refractivity contribution in [2.75, 3.05) is 0 Å². The quantitative estimate of drug-likeness (QED) is 0.162. The first-order valence-corrected chi connectivity index (χ1v) is 20.6. The van der Waals surface area contributed by atoms with Crippen LogP contribution in [0.25, 0.3) is 83.9 Å². The molecule has 9 rings (SSSR count). The number of imidazole rings is 1. The Balaban J connectivity index is 0.00000514. The van der Waals surface area contributed by atoms with Gasteiger partial charge in [-0.2, -0.15) is 0 Å². The zero-order chi connectivity index (χ0) is 41.6. The Kier molecular flexibility index (Phi) is 11.3. The van der Waals surface area contributed by atoms with Crippen LogP contribution in [0.5, 0.6) is 5.75 Å². The fraction of sp³-hybridized carbons (Fsp3) is 0.143. The molecule has 61 heavy (non-hydrogen) atoms. The maximum Gasteiger partial charge on any atom is 0.148 e. The van der Waals surface area contributed by atoms with Gasteiger partial charge in [-0.25, -0.2) is 4.98 Å². The zero-order valence-electron chi connectivity index (χ0n) is 35.3. The Morgan fingerprint density at radius 3 is 1.72 bits per heavy atom. The van der Waals surface area contributed by atoms with E-state index in [4.69, 9.17) is 9.97 Å². The van der Waals surface area contributed by atoms with Crippen molar-refractivity contribution >= 4 is 11.0 Å². The number of benzene rings is 7. The second kappa shape index (κ2) is 16.6. The Hall–Kier alpha value is -6.35. The largest absolute Gasteiger partial charge is 0.507 e. The Morgan fingerprint density at radius 1 is 0.508 bits per heavy atom. The Bertz CT molecular complexity index is 2990. The SMILES string of the molecule is CC(C)(C)c1cc(-c2cc(-c3ccc(-c4ccccc4)cc3)ccn2)[c-]c(-c2cccc3c2nc(-c2ccccc2O)n3-c2ccc(-c3ccccc3)cc2C(C)(C)C)c1.[Pt]. The van der Waals surface area contributed by atoms with Crippen molar-refractivity contribution in [2.24, 2.45) is 0 Å². The number of para-hydroxylation sites is 2. The van der Waals surface area contributed by atoms with Gasteiger partial charge in [-0.1, -0.05) is 174 Å². The van der Waals surface area contributed by atoms with Gasteiger partial charge in [0.25, 0.3) is 0 Å². The third-order valence-corrected chi connectivity index (χ3v) is 11.4. The molecule has 0 atom stereocenters. The van der Waals surface area contributed by atoms with Gasteiger partial charge in [-0.15, -0.1) is 29.3 Å². The fourth-order valence-electron chi connectivity index (χ4n) is 8.07. The third-order valence-electron chi connectivity index (χ3n) is 11.4. The second-order valence-corrected chi connectivity index (χ2v) is 17.6. The van der Waals surface area contributed by atoms with E-state index < -0.39 is 0 Å². The summed E-state index contributed by atoms with van der Waals surface area (Å²) in [6.45, 7) is 13.5. The molecule has 2 heterocycles. The molecule has 0 amide bonds. The number of phenols is 1. The molecule has 0 spiro atoms. The van der Waals surface area contributed by atoms with E-state index in [1.807, 2.05) is 36.5 Å². The van der Waals surface area contributed by atoms with Crippen molar-refractivity contribution in [3.05, 3.63) is 193 Å². The molecule has 0 unspecified atom stereocenters. The molecule has 0 aliphatic rings. The third kappa shape index (κ3) is 8.26. The van der Waals surface area contributed by atoms with Gasteiger partial charge in [0.15, 0.2) is 0 Å². The molecular weight excluding hydrogens is 926 g/mol. The summed E-state index contributed by atoms with van der Waals surface area (Å²) in [5, 5.41) is 11.4. The molecule has 1 N–H and O–H groups in total. The van der Waals surface area contributed by atoms with Crippen molar-refractivity contribution in [3.8, 4) is 78.6 Å². The summed E-state index contributed by atoms with van der Waals surface area (Å²) < 4.78 is 2.23. The maximum absolute atomic E-state index is 11.4. The van der Waals surface area contributed by atoms with Crippen LogP contribution in [0.4, 0.5) is 0 Å². The van der Waals surface area contributed by atoms with Crippen molar-refractivity contribution in [1.82, 2.24) is 14.5 Å². The minimum absolute atomic E-state index is 0. The van der Waals surface area contributed by atoms with Crippen LogP contribution in [-0.2, 0) is 31.9 Å². The predicted molar refractivity (Wildman–Crippen MR) is 249 cm³/mol. The number of fused-ring (bicyclic) bond motifs is 1. The molecule has 0 radical (unpaired) electrons. The summed E-state index contributed by atoms with van der Waals surface area (Å²) in [6.07, 6.45) is 1.89. The maximum atomic E-state index is 11.4. The van der Waals surface area contributed by atoms with Gasteiger partial charge in [-0.3, -0.25) is 9.55 Å². The zero-order valence-corrected chi connectivity index (χ0v) is 37.6. The van der Waals surface area contributed by atoms with Crippen molar-refractivity contribution in [2.45, 2.75) is 52.4 Å². The first-order valence-electron chi connectivity index (χ1n) is 20.6. The molecule has 0 aliphatic carbocycles. The Labute approximate surface area is 373 Å². The summed E-state index contributed by atoms with van der Waals surface area (Å²) in [5.74, 6) is 0.853. The van der Waals surface area contributed by atoms with Crippen LogP contribution in [0.1, 0.15) is 52.7 Å². The number of pyridine rings is 1. The molecule has 4 nitrogen and oxygen atoms in total. The van der Waals surface area contributed by atoms with E-state index >= 15 is 0 Å². The minimum Gasteiger partial charge on any atom is -0.507 e. The summed E-state index contributed by atoms with van der Waals surface area (Å²) in [7, 11) is 0. The monoisotopic (exact) mass is 973 g/mol. The molecule has 0 aliphatic heterocycles. The van der Waals surface area contributed by atoms with Crippen molar-refractivity contribution in [3.63, 3.8) is 0 Å². The predicted octanol–water partition coefficient (Wildman–Crippen LogP) is 14.5. The van der Waals surface area contributed by atoms with Gasteiger partial charge in [0.1, 0.15) is 11.6 Å². The average Bonchev–Trinajstić information content (AvgIpc) is 3.66. The van der Waals surface area contributed by atoms with Crippen molar-refractivity contribution < 1.29 is 26.2 Å². The normalized spacial score (nSPS) is 11.7. The first-order chi connectivity index (χ1) is 28.9. The van der Waals surface area contributed by atoms with Crippen LogP contribution in [0.3, 0.4) is 0 Å². The van der Waals surface area contributed by atoms with Crippen LogP contribution in [0.15, 0.2) is 176 Å². The number of rotatable bonds is 7. The topological polar surface area (TPSA) is 50.9 Å². The molecule has 2 aromatic heterocycles. The number of nitrogens with zero attached hydrogens (tertiary/aromatic N) is 3. The van der Waals surface area contributed by atoms with Crippen LogP contribution < -0.4 is 0 Å². The van der Waals surface area contributed by atoms with Gasteiger partial charge in [0.2, 0.25) is 0 Å². The van der Waals surface area contributed by atoms with E-state index in [0.717, 1.165) is 55.8 Å². The number of phenolic OH excluding ortho intramolecular Hbond substituents is 1. The summed E-state index contributed by atoms with van der Waals surface area (Å²) in [4.78, 5) is 10.4. The van der Waals surface area contributed by atoms with Crippen LogP contribution >= 0.6 is 0 Å². The summed E-state index contributed by atoms with van der Waals surface area (Å²) in [5.41, 5.74) is 16.0. The average molecular weight is 974 g/mol. The Morgan fingerprint density at radius 2 is 1.07 bits per heavy atom. The fourth-order valence-corrected chi connectivity index (χ4v) is 8.07. The van der Waals surface area contributed by atoms with Crippen molar-refractivity contribution in [1.29, 1.82) is 0 Å². The molecule has 304 valence electrons. The van der Waals surface area contributed by atoms with Crippen LogP contribution in [-0.4, -0.2) is 19.6 Å². The first kappa shape index (κ1) is 41.4. The van der Waals surface area contributed by atoms with E-state index in [2.05, 4.69) is 186 Å². The van der Waals surface area contributed by atoms with E-state index in [-0.39, 0.29) is 37.6 Å². The van der Waals surface area contributed by atoms with Gasteiger partial charge >= 0.3 is 0 Å². The molecule has 0 fully saturated rings. The number of aromatic hydroxyl groups is 1. The van der Waals surface area contributed by atoms with Gasteiger partial charge in [0.05, 0.1) is 22.3 Å². The van der Waals surface area contributed by atoms with E-state index in [0.29, 0.717) is 11.4 Å². The van der Waals surface area contributed by atoms with Gasteiger partial charge in [-0.05, 0) is 86.2 Å². The molecule has 0 saturated heterocycles. The molecule has 7 aromatic carbocycles. The summed E-state index contributed by atoms with van der Waals surface area (Å²) in [6, 6.07) is 62.8. The number of aromatic nitrogens is 3. The smallest absolute Gasteiger partial charge is 0.148 e. The van der Waals surface area contributed by atoms with E-state index in [1.54, 1.807) is 6.07 Å². The van der Waals surface area contributed by atoms with E-state index in [1.165, 1.54) is 27.8 Å². The number of hydrogen-bond donors (Lipinski definition) is 1. The molecular formula is C56H48N3OPt-. The second-order valence-electron chi connectivity index (χ2n) is 17.6. The standard InChI is InChI=1S/C56H48N3O.Pt/c1-55(2,3)45-33-43(32-44(34-45)49-36-42(30-31-57-49)40-26-24-39(25-27-40)37-16-9-7-10-17-37)46-21-15-22-51-53(46)58-54(47-20-13-14-23-52(47)60)59(51)50-29-28-41(35-48(50)56(4,5)6)38-18-11-8-12-19-38;/h7-31,33-36,60H,1-6H3;/q-1;. The molecule has 5 heteroatoms. The van der Waals surface area contributed by atoms with Gasteiger partial charge in [0, 0.05) is 33.0 Å².